The minimum atomic E-state index is -0.528. The Labute approximate surface area is 166 Å². The second kappa shape index (κ2) is 7.07. The number of hydrogen-bond donors (Lipinski definition) is 0. The first-order valence-electron chi connectivity index (χ1n) is 7.70. The molecule has 0 radical (unpaired) electrons. The molecule has 0 saturated heterocycles. The van der Waals surface area contributed by atoms with Crippen LogP contribution in [-0.4, -0.2) is 20.1 Å². The highest BCUT2D eigenvalue weighted by Gasteiger charge is 2.18. The van der Waals surface area contributed by atoms with Gasteiger partial charge < -0.3 is 0 Å². The van der Waals surface area contributed by atoms with Crippen molar-refractivity contribution in [2.75, 3.05) is 0 Å². The first-order chi connectivity index (χ1) is 13.0. The van der Waals surface area contributed by atoms with Crippen LogP contribution in [0, 0.1) is 10.1 Å². The highest BCUT2D eigenvalue weighted by atomic mass is 35.5. The first kappa shape index (κ1) is 17.6. The molecule has 134 valence electrons. The molecule has 0 unspecified atom stereocenters. The molecule has 0 N–H and O–H groups in total. The van der Waals surface area contributed by atoms with Gasteiger partial charge in [0, 0.05) is 23.2 Å². The number of benzene rings is 1. The van der Waals surface area contributed by atoms with Crippen LogP contribution in [0.2, 0.25) is 5.02 Å². The van der Waals surface area contributed by atoms with E-state index in [1.807, 2.05) is 27.4 Å². The number of imidazole rings is 1. The number of thiazole rings is 1. The summed E-state index contributed by atoms with van der Waals surface area (Å²) < 4.78 is 1.85. The van der Waals surface area contributed by atoms with Gasteiger partial charge in [-0.15, -0.1) is 22.7 Å². The number of carbonyl (C=O) groups excluding carboxylic acids is 1. The molecule has 0 atom stereocenters. The number of thiophene rings is 1. The predicted molar refractivity (Wildman–Crippen MR) is 108 cm³/mol. The predicted octanol–water partition coefficient (Wildman–Crippen LogP) is 5.58. The van der Waals surface area contributed by atoms with Gasteiger partial charge in [-0.2, -0.15) is 0 Å². The van der Waals surface area contributed by atoms with E-state index in [1.165, 1.54) is 40.9 Å². The number of halogens is 1. The van der Waals surface area contributed by atoms with Gasteiger partial charge in [-0.05, 0) is 29.7 Å². The minimum absolute atomic E-state index is 0.0646. The van der Waals surface area contributed by atoms with Crippen LogP contribution in [0.3, 0.4) is 0 Å². The molecule has 0 fully saturated rings. The van der Waals surface area contributed by atoms with Crippen molar-refractivity contribution in [2.24, 2.45) is 0 Å². The Morgan fingerprint density at radius 2 is 2.11 bits per heavy atom. The summed E-state index contributed by atoms with van der Waals surface area (Å²) in [7, 11) is 0. The molecule has 9 heteroatoms. The van der Waals surface area contributed by atoms with Crippen molar-refractivity contribution >= 4 is 56.8 Å². The van der Waals surface area contributed by atoms with Crippen molar-refractivity contribution in [3.63, 3.8) is 0 Å². The summed E-state index contributed by atoms with van der Waals surface area (Å²) >= 11 is 8.72. The molecular formula is C18H10ClN3O3S2. The normalized spacial score (nSPS) is 11.4. The molecule has 0 aliphatic rings. The Morgan fingerprint density at radius 3 is 2.85 bits per heavy atom. The van der Waals surface area contributed by atoms with E-state index < -0.39 is 4.92 Å². The quantitative estimate of drug-likeness (QED) is 0.184. The number of nitro groups is 1. The molecule has 1 aromatic carbocycles. The molecule has 6 nitrogen and oxygen atoms in total. The Balaban J connectivity index is 1.82. The summed E-state index contributed by atoms with van der Waals surface area (Å²) in [4.78, 5) is 28.9. The topological polar surface area (TPSA) is 77.5 Å². The number of rotatable bonds is 5. The molecule has 4 aromatic rings. The number of carbonyl (C=O) groups is 1. The van der Waals surface area contributed by atoms with E-state index in [9.17, 15) is 14.9 Å². The van der Waals surface area contributed by atoms with Crippen LogP contribution in [0.15, 0.2) is 53.4 Å². The standard InChI is InChI=1S/C18H10ClN3O3S2/c19-12-4-3-11(10-14(12)22(24)25)17-13(21-7-9-27-18(21)20-17)5-6-15(23)16-2-1-8-26-16/h1-10H. The van der Waals surface area contributed by atoms with Crippen LogP contribution in [0.1, 0.15) is 15.4 Å². The summed E-state index contributed by atoms with van der Waals surface area (Å²) in [5.41, 5.74) is 1.60. The second-order valence-electron chi connectivity index (χ2n) is 5.50. The lowest BCUT2D eigenvalue weighted by atomic mass is 10.1. The van der Waals surface area contributed by atoms with Crippen LogP contribution in [-0.2, 0) is 0 Å². The summed E-state index contributed by atoms with van der Waals surface area (Å²) in [5, 5.41) is 15.0. The maximum absolute atomic E-state index is 12.3. The zero-order chi connectivity index (χ0) is 19.0. The van der Waals surface area contributed by atoms with Crippen LogP contribution in [0.25, 0.3) is 22.3 Å². The first-order valence-corrected chi connectivity index (χ1v) is 9.84. The molecule has 0 bridgehead atoms. The van der Waals surface area contributed by atoms with Gasteiger partial charge >= 0.3 is 0 Å². The number of nitrogens with zero attached hydrogens (tertiary/aromatic N) is 3. The summed E-state index contributed by atoms with van der Waals surface area (Å²) in [6.07, 6.45) is 5.02. The maximum atomic E-state index is 12.3. The number of aromatic nitrogens is 2. The number of hydrogen-bond acceptors (Lipinski definition) is 6. The molecular weight excluding hydrogens is 406 g/mol. The van der Waals surface area contributed by atoms with Gasteiger partial charge in [0.25, 0.3) is 5.69 Å². The van der Waals surface area contributed by atoms with Crippen LogP contribution >= 0.6 is 34.3 Å². The van der Waals surface area contributed by atoms with Crippen molar-refractivity contribution in [3.05, 3.63) is 79.1 Å². The number of allylic oxidation sites excluding steroid dienone is 1. The summed E-state index contributed by atoms with van der Waals surface area (Å²) in [6.45, 7) is 0. The fraction of sp³-hybridized carbons (Fsp3) is 0. The van der Waals surface area contributed by atoms with E-state index in [0.29, 0.717) is 21.8 Å². The molecule has 0 aliphatic heterocycles. The van der Waals surface area contributed by atoms with E-state index in [1.54, 1.807) is 18.2 Å². The third kappa shape index (κ3) is 3.30. The Hall–Kier alpha value is -2.81. The Morgan fingerprint density at radius 1 is 1.26 bits per heavy atom. The van der Waals surface area contributed by atoms with Gasteiger partial charge in [-0.1, -0.05) is 23.7 Å². The van der Waals surface area contributed by atoms with Crippen molar-refractivity contribution in [1.29, 1.82) is 0 Å². The third-order valence-electron chi connectivity index (χ3n) is 3.87. The largest absolute Gasteiger partial charge is 0.290 e. The SMILES string of the molecule is O=C(C=Cc1c(-c2ccc(Cl)c([N+](=O)[O-])c2)nc2sccn12)c1cccs1. The Kier molecular flexibility index (Phi) is 4.61. The second-order valence-corrected chi connectivity index (χ2v) is 7.73. The average molecular weight is 416 g/mol. The van der Waals surface area contributed by atoms with Gasteiger partial charge in [-0.25, -0.2) is 4.98 Å². The van der Waals surface area contributed by atoms with Gasteiger partial charge in [-0.3, -0.25) is 19.3 Å². The van der Waals surface area contributed by atoms with Crippen molar-refractivity contribution in [2.45, 2.75) is 0 Å². The monoisotopic (exact) mass is 415 g/mol. The molecule has 4 rings (SSSR count). The molecule has 3 heterocycles. The lowest BCUT2D eigenvalue weighted by Crippen LogP contribution is -1.93. The molecule has 0 saturated carbocycles. The molecule has 0 aliphatic carbocycles. The molecule has 27 heavy (non-hydrogen) atoms. The summed E-state index contributed by atoms with van der Waals surface area (Å²) in [6, 6.07) is 8.14. The number of nitro benzene ring substituents is 1. The number of ketones is 1. The van der Waals surface area contributed by atoms with Gasteiger partial charge in [0.15, 0.2) is 10.7 Å². The smallest absolute Gasteiger partial charge is 0.288 e. The highest BCUT2D eigenvalue weighted by Crippen LogP contribution is 2.33. The van der Waals surface area contributed by atoms with E-state index in [0.717, 1.165) is 4.96 Å². The summed E-state index contributed by atoms with van der Waals surface area (Å²) in [5.74, 6) is -0.108. The average Bonchev–Trinajstić information content (AvgIpc) is 3.37. The van der Waals surface area contributed by atoms with Gasteiger partial charge in [0.2, 0.25) is 0 Å². The zero-order valence-corrected chi connectivity index (χ0v) is 15.9. The number of fused-ring (bicyclic) bond motifs is 1. The fourth-order valence-electron chi connectivity index (χ4n) is 2.63. The van der Waals surface area contributed by atoms with Crippen LogP contribution in [0.5, 0.6) is 0 Å². The van der Waals surface area contributed by atoms with E-state index in [2.05, 4.69) is 4.98 Å². The Bertz CT molecular complexity index is 1190. The van der Waals surface area contributed by atoms with E-state index in [-0.39, 0.29) is 16.5 Å². The van der Waals surface area contributed by atoms with Gasteiger partial charge in [0.1, 0.15) is 5.02 Å². The van der Waals surface area contributed by atoms with E-state index in [4.69, 9.17) is 11.6 Å². The van der Waals surface area contributed by atoms with E-state index >= 15 is 0 Å². The highest BCUT2D eigenvalue weighted by molar-refractivity contribution is 7.15. The molecule has 3 aromatic heterocycles. The lowest BCUT2D eigenvalue weighted by molar-refractivity contribution is -0.384. The van der Waals surface area contributed by atoms with Crippen molar-refractivity contribution < 1.29 is 9.72 Å². The van der Waals surface area contributed by atoms with Gasteiger partial charge in [0.05, 0.1) is 21.2 Å². The minimum Gasteiger partial charge on any atom is -0.290 e. The van der Waals surface area contributed by atoms with Crippen LogP contribution < -0.4 is 0 Å². The lowest BCUT2D eigenvalue weighted by Gasteiger charge is -2.02. The maximum Gasteiger partial charge on any atom is 0.288 e. The zero-order valence-electron chi connectivity index (χ0n) is 13.5. The van der Waals surface area contributed by atoms with Crippen molar-refractivity contribution in [3.8, 4) is 11.3 Å². The molecule has 0 spiro atoms. The third-order valence-corrected chi connectivity index (χ3v) is 5.83. The molecule has 0 amide bonds. The van der Waals surface area contributed by atoms with Crippen LogP contribution in [0.4, 0.5) is 5.69 Å². The fourth-order valence-corrected chi connectivity index (χ4v) is 4.18. The van der Waals surface area contributed by atoms with Crippen molar-refractivity contribution in [1.82, 2.24) is 9.38 Å².